The normalized spacial score (nSPS) is 18.6. The second-order valence-corrected chi connectivity index (χ2v) is 7.95. The highest BCUT2D eigenvalue weighted by Crippen LogP contribution is 2.07. The molecule has 1 fully saturated rings. The Labute approximate surface area is 186 Å². The van der Waals surface area contributed by atoms with E-state index in [2.05, 4.69) is 55.1 Å². The molecule has 2 unspecified atom stereocenters. The maximum atomic E-state index is 4.85. The number of guanidine groups is 1. The van der Waals surface area contributed by atoms with Crippen molar-refractivity contribution in [3.8, 4) is 0 Å². The second-order valence-electron chi connectivity index (χ2n) is 7.95. The van der Waals surface area contributed by atoms with Crippen molar-refractivity contribution in [3.05, 3.63) is 0 Å². The van der Waals surface area contributed by atoms with Crippen molar-refractivity contribution in [3.63, 3.8) is 0 Å². The van der Waals surface area contributed by atoms with Crippen LogP contribution in [0.3, 0.4) is 0 Å². The standard InChI is InChI=1S/C21H45N5.HI/c1-6-9-10-11-12-20(5)24-21(22-7-2)23-17-19(4)18-26-15-13-25(8-3)14-16-26;/h19-20H,6-18H2,1-5H3,(H2,22,23,24);1H. The van der Waals surface area contributed by atoms with E-state index < -0.39 is 0 Å². The van der Waals surface area contributed by atoms with Gasteiger partial charge in [-0.2, -0.15) is 0 Å². The average molecular weight is 496 g/mol. The van der Waals surface area contributed by atoms with Gasteiger partial charge in [0.25, 0.3) is 0 Å². The molecule has 1 rings (SSSR count). The fraction of sp³-hybridized carbons (Fsp3) is 0.952. The summed E-state index contributed by atoms with van der Waals surface area (Å²) in [5, 5.41) is 6.99. The van der Waals surface area contributed by atoms with Crippen LogP contribution in [0, 0.1) is 5.92 Å². The summed E-state index contributed by atoms with van der Waals surface area (Å²) in [6, 6.07) is 0.488. The minimum atomic E-state index is 0. The molecule has 0 amide bonds. The number of unbranched alkanes of at least 4 members (excludes halogenated alkanes) is 3. The Bertz CT molecular complexity index is 370. The number of aliphatic imine (C=N–C) groups is 1. The molecule has 0 aromatic heterocycles. The van der Waals surface area contributed by atoms with Gasteiger partial charge in [0.15, 0.2) is 5.96 Å². The first-order chi connectivity index (χ1) is 12.6. The first-order valence-corrected chi connectivity index (χ1v) is 11.1. The number of nitrogens with zero attached hydrogens (tertiary/aromatic N) is 3. The average Bonchev–Trinajstić information content (AvgIpc) is 2.64. The molecule has 2 atom stereocenters. The van der Waals surface area contributed by atoms with Gasteiger partial charge in [-0.25, -0.2) is 0 Å². The van der Waals surface area contributed by atoms with Gasteiger partial charge in [-0.1, -0.05) is 46.5 Å². The molecule has 0 saturated carbocycles. The van der Waals surface area contributed by atoms with E-state index in [0.29, 0.717) is 12.0 Å². The lowest BCUT2D eigenvalue weighted by Crippen LogP contribution is -2.47. The number of rotatable bonds is 12. The molecule has 0 spiro atoms. The van der Waals surface area contributed by atoms with Gasteiger partial charge in [0.1, 0.15) is 0 Å². The fourth-order valence-electron chi connectivity index (χ4n) is 3.54. The van der Waals surface area contributed by atoms with E-state index in [1.54, 1.807) is 0 Å². The third-order valence-corrected chi connectivity index (χ3v) is 5.26. The summed E-state index contributed by atoms with van der Waals surface area (Å²) in [4.78, 5) is 9.99. The molecule has 1 heterocycles. The lowest BCUT2D eigenvalue weighted by Gasteiger charge is -2.35. The lowest BCUT2D eigenvalue weighted by molar-refractivity contribution is 0.125. The molecular weight excluding hydrogens is 449 g/mol. The van der Waals surface area contributed by atoms with Crippen LogP contribution in [0.25, 0.3) is 0 Å². The molecule has 0 aromatic carbocycles. The summed E-state index contributed by atoms with van der Waals surface area (Å²) in [5.41, 5.74) is 0. The first-order valence-electron chi connectivity index (χ1n) is 11.1. The number of hydrogen-bond donors (Lipinski definition) is 2. The van der Waals surface area contributed by atoms with Gasteiger partial charge in [-0.15, -0.1) is 24.0 Å². The number of piperazine rings is 1. The predicted octanol–water partition coefficient (Wildman–Crippen LogP) is 3.79. The van der Waals surface area contributed by atoms with Gasteiger partial charge in [0, 0.05) is 51.9 Å². The third-order valence-electron chi connectivity index (χ3n) is 5.26. The molecule has 2 N–H and O–H groups in total. The maximum absolute atomic E-state index is 4.85. The number of likely N-dealkylation sites (N-methyl/N-ethyl adjacent to an activating group) is 1. The van der Waals surface area contributed by atoms with E-state index in [1.165, 1.54) is 64.8 Å². The van der Waals surface area contributed by atoms with Crippen LogP contribution >= 0.6 is 24.0 Å². The Morgan fingerprint density at radius 2 is 1.63 bits per heavy atom. The van der Waals surface area contributed by atoms with E-state index in [-0.39, 0.29) is 24.0 Å². The van der Waals surface area contributed by atoms with Gasteiger partial charge in [-0.3, -0.25) is 4.99 Å². The summed E-state index contributed by atoms with van der Waals surface area (Å²) < 4.78 is 0. The molecule has 1 aliphatic heterocycles. The van der Waals surface area contributed by atoms with Gasteiger partial charge in [-0.05, 0) is 32.7 Å². The van der Waals surface area contributed by atoms with Crippen molar-refractivity contribution in [2.75, 3.05) is 52.4 Å². The van der Waals surface area contributed by atoms with Gasteiger partial charge in [0.05, 0.1) is 0 Å². The summed E-state index contributed by atoms with van der Waals surface area (Å²) in [7, 11) is 0. The molecule has 0 aliphatic carbocycles. The molecular formula is C21H46IN5. The maximum Gasteiger partial charge on any atom is 0.191 e. The van der Waals surface area contributed by atoms with Crippen LogP contribution in [0.1, 0.15) is 66.7 Å². The third kappa shape index (κ3) is 12.9. The van der Waals surface area contributed by atoms with Crippen molar-refractivity contribution in [2.45, 2.75) is 72.8 Å². The monoisotopic (exact) mass is 495 g/mol. The van der Waals surface area contributed by atoms with Crippen molar-refractivity contribution >= 4 is 29.9 Å². The number of nitrogens with one attached hydrogen (secondary N) is 2. The molecule has 162 valence electrons. The quantitative estimate of drug-likeness (QED) is 0.187. The zero-order valence-electron chi connectivity index (χ0n) is 18.6. The van der Waals surface area contributed by atoms with Crippen LogP contribution < -0.4 is 10.6 Å². The molecule has 5 nitrogen and oxygen atoms in total. The molecule has 27 heavy (non-hydrogen) atoms. The summed E-state index contributed by atoms with van der Waals surface area (Å²) in [5.74, 6) is 1.58. The Balaban J connectivity index is 0.00000676. The Morgan fingerprint density at radius 3 is 2.22 bits per heavy atom. The topological polar surface area (TPSA) is 42.9 Å². The van der Waals surface area contributed by atoms with Gasteiger partial charge in [0.2, 0.25) is 0 Å². The zero-order valence-corrected chi connectivity index (χ0v) is 20.9. The molecule has 1 saturated heterocycles. The molecule has 0 radical (unpaired) electrons. The van der Waals surface area contributed by atoms with E-state index in [0.717, 1.165) is 25.6 Å². The van der Waals surface area contributed by atoms with Gasteiger partial charge < -0.3 is 20.4 Å². The molecule has 1 aliphatic rings. The van der Waals surface area contributed by atoms with Crippen molar-refractivity contribution in [2.24, 2.45) is 10.9 Å². The van der Waals surface area contributed by atoms with Crippen molar-refractivity contribution in [1.82, 2.24) is 20.4 Å². The highest BCUT2D eigenvalue weighted by Gasteiger charge is 2.17. The Hall–Kier alpha value is -0.0800. The van der Waals surface area contributed by atoms with E-state index in [4.69, 9.17) is 4.99 Å². The van der Waals surface area contributed by atoms with Crippen LogP contribution in [0.2, 0.25) is 0 Å². The summed E-state index contributed by atoms with van der Waals surface area (Å²) in [6.07, 6.45) is 6.53. The van der Waals surface area contributed by atoms with Crippen molar-refractivity contribution in [1.29, 1.82) is 0 Å². The van der Waals surface area contributed by atoms with Crippen LogP contribution in [-0.2, 0) is 0 Å². The van der Waals surface area contributed by atoms with Crippen LogP contribution in [0.4, 0.5) is 0 Å². The highest BCUT2D eigenvalue weighted by molar-refractivity contribution is 14.0. The molecule has 6 heteroatoms. The van der Waals surface area contributed by atoms with Crippen molar-refractivity contribution < 1.29 is 0 Å². The highest BCUT2D eigenvalue weighted by atomic mass is 127. The number of halogens is 1. The van der Waals surface area contributed by atoms with Crippen LogP contribution in [0.5, 0.6) is 0 Å². The Kier molecular flexibility index (Phi) is 16.8. The smallest absolute Gasteiger partial charge is 0.191 e. The minimum Gasteiger partial charge on any atom is -0.357 e. The largest absolute Gasteiger partial charge is 0.357 e. The van der Waals surface area contributed by atoms with E-state index >= 15 is 0 Å². The summed E-state index contributed by atoms with van der Waals surface area (Å²) >= 11 is 0. The fourth-order valence-corrected chi connectivity index (χ4v) is 3.54. The van der Waals surface area contributed by atoms with Gasteiger partial charge >= 0.3 is 0 Å². The molecule has 0 bridgehead atoms. The Morgan fingerprint density at radius 1 is 0.963 bits per heavy atom. The lowest BCUT2D eigenvalue weighted by atomic mass is 10.1. The summed E-state index contributed by atoms with van der Waals surface area (Å²) in [6.45, 7) is 20.3. The second kappa shape index (κ2) is 16.8. The van der Waals surface area contributed by atoms with E-state index in [1.807, 2.05) is 0 Å². The first kappa shape index (κ1) is 26.9. The number of hydrogen-bond acceptors (Lipinski definition) is 3. The molecule has 0 aromatic rings. The zero-order chi connectivity index (χ0) is 19.2. The van der Waals surface area contributed by atoms with E-state index in [9.17, 15) is 0 Å². The predicted molar refractivity (Wildman–Crippen MR) is 130 cm³/mol. The van der Waals surface area contributed by atoms with Crippen LogP contribution in [-0.4, -0.2) is 74.2 Å². The minimum absolute atomic E-state index is 0. The van der Waals surface area contributed by atoms with Crippen LogP contribution in [0.15, 0.2) is 4.99 Å². The SMILES string of the molecule is CCCCCCC(C)NC(=NCC(C)CN1CCN(CC)CC1)NCC.I.